The van der Waals surface area contributed by atoms with E-state index in [1.165, 1.54) is 0 Å². The van der Waals surface area contributed by atoms with Crippen molar-refractivity contribution >= 4 is 149 Å². The zero-order valence-corrected chi connectivity index (χ0v) is 49.0. The van der Waals surface area contributed by atoms with Gasteiger partial charge in [-0.15, -0.1) is 0 Å². The summed E-state index contributed by atoms with van der Waals surface area (Å²) in [5.74, 6) is 6.15. The molecule has 0 aromatic heterocycles. The van der Waals surface area contributed by atoms with E-state index in [2.05, 4.69) is 293 Å². The number of rotatable bonds is 8. The van der Waals surface area contributed by atoms with Gasteiger partial charge in [0.2, 0.25) is 0 Å². The van der Waals surface area contributed by atoms with Crippen LogP contribution in [0.15, 0.2) is 291 Å². The van der Waals surface area contributed by atoms with Gasteiger partial charge in [-0.3, -0.25) is 0 Å². The van der Waals surface area contributed by atoms with E-state index in [0.717, 1.165) is 158 Å². The van der Waals surface area contributed by atoms with Gasteiger partial charge in [-0.25, -0.2) is 0 Å². The molecule has 0 fully saturated rings. The molecular formula is C78H48B3ClN4O4. The smallest absolute Gasteiger partial charge is 0.260 e. The van der Waals surface area contributed by atoms with Crippen molar-refractivity contribution in [2.75, 3.05) is 19.6 Å². The Morgan fingerprint density at radius 3 is 1.02 bits per heavy atom. The first-order valence-electron chi connectivity index (χ1n) is 30.5. The molecule has 13 aromatic rings. The van der Waals surface area contributed by atoms with Crippen LogP contribution in [-0.2, 0) is 0 Å². The van der Waals surface area contributed by atoms with Crippen molar-refractivity contribution in [1.82, 2.24) is 0 Å². The van der Waals surface area contributed by atoms with Crippen LogP contribution in [0.3, 0.4) is 0 Å². The number of halogens is 1. The van der Waals surface area contributed by atoms with Crippen LogP contribution < -0.4 is 87.7 Å². The lowest BCUT2D eigenvalue weighted by atomic mass is 9.30. The molecule has 13 aromatic carbocycles. The summed E-state index contributed by atoms with van der Waals surface area (Å²) in [5, 5.41) is 0.566. The maximum atomic E-state index is 7.45. The van der Waals surface area contributed by atoms with Crippen LogP contribution in [0.1, 0.15) is 0 Å². The van der Waals surface area contributed by atoms with E-state index in [1.54, 1.807) is 0 Å². The van der Waals surface area contributed by atoms with Crippen LogP contribution in [0.2, 0.25) is 5.02 Å². The van der Waals surface area contributed by atoms with Crippen molar-refractivity contribution in [3.63, 3.8) is 0 Å². The van der Waals surface area contributed by atoms with E-state index in [-0.39, 0.29) is 20.1 Å². The normalized spacial score (nSPS) is 13.4. The van der Waals surface area contributed by atoms with Gasteiger partial charge >= 0.3 is 0 Å². The molecule has 0 saturated carbocycles. The molecule has 0 radical (unpaired) electrons. The van der Waals surface area contributed by atoms with Crippen molar-refractivity contribution < 1.29 is 18.9 Å². The highest BCUT2D eigenvalue weighted by Gasteiger charge is 2.49. The van der Waals surface area contributed by atoms with E-state index >= 15 is 0 Å². The zero-order chi connectivity index (χ0) is 59.1. The molecule has 0 bridgehead atoms. The fourth-order valence-electron chi connectivity index (χ4n) is 15.0. The fourth-order valence-corrected chi connectivity index (χ4v) is 15.2. The van der Waals surface area contributed by atoms with Gasteiger partial charge in [-0.2, -0.15) is 0 Å². The monoisotopic (exact) mass is 1170 g/mol. The maximum absolute atomic E-state index is 7.45. The topological polar surface area (TPSA) is 49.9 Å². The molecule has 0 N–H and O–H groups in total. The molecule has 420 valence electrons. The first-order chi connectivity index (χ1) is 44.5. The Morgan fingerprint density at radius 2 is 0.578 bits per heavy atom. The van der Waals surface area contributed by atoms with E-state index in [4.69, 9.17) is 30.5 Å². The van der Waals surface area contributed by atoms with E-state index < -0.39 is 0 Å². The molecule has 0 amide bonds. The Morgan fingerprint density at radius 1 is 0.244 bits per heavy atom. The third-order valence-electron chi connectivity index (χ3n) is 18.6. The SMILES string of the molecule is Clc1cc2c3c(c1)N(c1ccccc1)c1cc4c(cc1B3c1cc3c(cc1O2)N(c1ccccc1)c1cc(N(c2ccccc2)c2ccccc2)cc2c1B3c1ccccc1O2)B1c2ccccc2Oc2cc(N(c3ccccc3)c3ccccc3)cc(c21)O4. The van der Waals surface area contributed by atoms with Crippen LogP contribution >= 0.6 is 11.6 Å². The van der Waals surface area contributed by atoms with Crippen LogP contribution in [0.5, 0.6) is 46.0 Å². The first kappa shape index (κ1) is 50.9. The standard InChI is InChI=1S/C78H48B3ClN4O4/c82-49-39-66-76-72(40-49)89-71-47-64-60(79-58-35-19-21-37-68(58)87-73-42-56(41-67(77(73)79)86(64)55-33-17-6-18-34-55)83(50-23-7-1-8-24-50)51-25-9-2-10-26-51)45-63(71)81(76)61-46-62-70(48-65(61)85(66)54-31-15-5-16-32-54)90-75-44-57(43-74-78(75)80(62)59-36-20-22-38-69(59)88-74)84(52-27-11-3-12-28-52)53-29-13-4-14-30-53/h1-48H. The van der Waals surface area contributed by atoms with Gasteiger partial charge in [0.1, 0.15) is 46.0 Å². The molecule has 0 saturated heterocycles. The van der Waals surface area contributed by atoms with Crippen LogP contribution in [0.4, 0.5) is 68.2 Å². The average Bonchev–Trinajstić information content (AvgIpc) is 0.701. The van der Waals surface area contributed by atoms with Crippen molar-refractivity contribution in [1.29, 1.82) is 0 Å². The second-order valence-electron chi connectivity index (χ2n) is 23.6. The summed E-state index contributed by atoms with van der Waals surface area (Å²) in [6, 6.07) is 103. The van der Waals surface area contributed by atoms with Gasteiger partial charge < -0.3 is 38.5 Å². The third kappa shape index (κ3) is 7.72. The average molecular weight is 1170 g/mol. The first-order valence-corrected chi connectivity index (χ1v) is 30.9. The van der Waals surface area contributed by atoms with Crippen molar-refractivity contribution in [2.45, 2.75) is 0 Å². The molecule has 0 atom stereocenters. The van der Waals surface area contributed by atoms with Crippen molar-refractivity contribution in [3.05, 3.63) is 296 Å². The lowest BCUT2D eigenvalue weighted by Gasteiger charge is -2.44. The van der Waals surface area contributed by atoms with Crippen molar-refractivity contribution in [2.24, 2.45) is 0 Å². The number of ether oxygens (including phenoxy) is 4. The molecule has 6 heterocycles. The highest BCUT2D eigenvalue weighted by molar-refractivity contribution is 7.03. The Kier molecular flexibility index (Phi) is 11.2. The number of para-hydroxylation sites is 8. The summed E-state index contributed by atoms with van der Waals surface area (Å²) >= 11 is 7.39. The van der Waals surface area contributed by atoms with Crippen LogP contribution in [0, 0.1) is 0 Å². The summed E-state index contributed by atoms with van der Waals surface area (Å²) in [5.41, 5.74) is 21.6. The predicted molar refractivity (Wildman–Crippen MR) is 370 cm³/mol. The van der Waals surface area contributed by atoms with Gasteiger partial charge in [0.25, 0.3) is 20.1 Å². The quantitative estimate of drug-likeness (QED) is 0.140. The van der Waals surface area contributed by atoms with Crippen LogP contribution in [-0.4, -0.2) is 20.1 Å². The molecule has 6 aliphatic heterocycles. The highest BCUT2D eigenvalue weighted by atomic mass is 35.5. The summed E-state index contributed by atoms with van der Waals surface area (Å²) in [6.45, 7) is -0.776. The Bertz CT molecular complexity index is 5010. The molecule has 0 spiro atoms. The summed E-state index contributed by atoms with van der Waals surface area (Å²) in [7, 11) is 0. The summed E-state index contributed by atoms with van der Waals surface area (Å²) in [6.07, 6.45) is 0. The Labute approximate surface area is 526 Å². The van der Waals surface area contributed by atoms with Gasteiger partial charge in [0.05, 0.1) is 11.4 Å². The van der Waals surface area contributed by atoms with Gasteiger partial charge in [0.15, 0.2) is 0 Å². The fraction of sp³-hybridized carbons (Fsp3) is 0. The number of anilines is 12. The zero-order valence-electron chi connectivity index (χ0n) is 48.2. The highest BCUT2D eigenvalue weighted by Crippen LogP contribution is 2.50. The molecule has 0 aliphatic carbocycles. The maximum Gasteiger partial charge on any atom is 0.260 e. The minimum absolute atomic E-state index is 0.221. The van der Waals surface area contributed by atoms with Gasteiger partial charge in [-0.1, -0.05) is 169 Å². The molecule has 19 rings (SSSR count). The van der Waals surface area contributed by atoms with E-state index in [1.807, 2.05) is 18.2 Å². The minimum atomic E-state index is -0.320. The second kappa shape index (κ2) is 19.9. The van der Waals surface area contributed by atoms with E-state index in [0.29, 0.717) is 10.8 Å². The Hall–Kier alpha value is -11.3. The molecule has 8 nitrogen and oxygen atoms in total. The molecular weight excluding hydrogens is 1120 g/mol. The number of hydrogen-bond donors (Lipinski definition) is 0. The molecule has 0 unspecified atom stereocenters. The largest absolute Gasteiger partial charge is 0.458 e. The van der Waals surface area contributed by atoms with Crippen molar-refractivity contribution in [3.8, 4) is 46.0 Å². The number of fused-ring (bicyclic) bond motifs is 12. The number of nitrogens with zero attached hydrogens (tertiary/aromatic N) is 4. The predicted octanol–water partition coefficient (Wildman–Crippen LogP) is 14.8. The third-order valence-corrected chi connectivity index (χ3v) is 18.8. The lowest BCUT2D eigenvalue weighted by Crippen LogP contribution is -2.64. The van der Waals surface area contributed by atoms with Crippen LogP contribution in [0.25, 0.3) is 0 Å². The van der Waals surface area contributed by atoms with Gasteiger partial charge in [0, 0.05) is 97.7 Å². The number of hydrogen-bond acceptors (Lipinski definition) is 8. The summed E-state index contributed by atoms with van der Waals surface area (Å²) in [4.78, 5) is 9.32. The molecule has 12 heteroatoms. The number of benzene rings is 13. The summed E-state index contributed by atoms with van der Waals surface area (Å²) < 4.78 is 29.1. The lowest BCUT2D eigenvalue weighted by molar-refractivity contribution is 0.465. The molecule has 90 heavy (non-hydrogen) atoms. The van der Waals surface area contributed by atoms with E-state index in [9.17, 15) is 0 Å². The second-order valence-corrected chi connectivity index (χ2v) is 24.0. The minimum Gasteiger partial charge on any atom is -0.458 e. The van der Waals surface area contributed by atoms with Gasteiger partial charge in [-0.05, 0) is 147 Å². The molecule has 6 aliphatic rings. The Balaban J connectivity index is 0.846.